The molecule has 12 nitrogen and oxygen atoms in total. The molecule has 0 saturated heterocycles. The molecule has 2 amide bonds. The number of amides is 2. The molecule has 1 heterocycles. The number of carbonyl (C=O) groups is 4. The van der Waals surface area contributed by atoms with Crippen molar-refractivity contribution in [2.45, 2.75) is 70.2 Å². The summed E-state index contributed by atoms with van der Waals surface area (Å²) >= 11 is 0. The van der Waals surface area contributed by atoms with E-state index >= 15 is 0 Å². The molecule has 54 heavy (non-hydrogen) atoms. The topological polar surface area (TPSA) is 155 Å². The number of benzene rings is 4. The molecule has 12 heteroatoms. The number of esters is 2. The lowest BCUT2D eigenvalue weighted by Gasteiger charge is -2.24. The van der Waals surface area contributed by atoms with E-state index in [1.165, 1.54) is 7.11 Å². The SMILES string of the molecule is COC(=O)[C@H](CCc1nc2c(C[C@H](NC(=O)OCc3ccccc3)C(=O)OC(C)(C)C)cccc2o1)NC(=O)OCC1c2ccccc2-c2ccccc21. The fourth-order valence-corrected chi connectivity index (χ4v) is 6.46. The van der Waals surface area contributed by atoms with Gasteiger partial charge in [-0.15, -0.1) is 0 Å². The lowest BCUT2D eigenvalue weighted by molar-refractivity contribution is -0.157. The number of fused-ring (bicyclic) bond motifs is 4. The number of methoxy groups -OCH3 is 1. The molecule has 2 atom stereocenters. The Morgan fingerprint density at radius 2 is 1.39 bits per heavy atom. The highest BCUT2D eigenvalue weighted by Gasteiger charge is 2.31. The standard InChI is InChI=1S/C42H43N3O9/c1-42(2,3)54-39(47)34(44-41(49)51-24-26-13-6-5-7-14-26)23-27-15-12-20-35-37(27)45-36(53-35)22-21-33(38(46)50-4)43-40(48)52-25-32-30-18-10-8-16-28(30)29-17-9-11-19-31(29)32/h5-20,32-34H,21-25H2,1-4H3,(H,43,48)(H,44,49)/t33-,34-/m0/s1. The van der Waals surface area contributed by atoms with Gasteiger partial charge in [0.25, 0.3) is 0 Å². The van der Waals surface area contributed by atoms with Gasteiger partial charge in [0.1, 0.15) is 36.4 Å². The van der Waals surface area contributed by atoms with E-state index in [9.17, 15) is 19.2 Å². The van der Waals surface area contributed by atoms with Crippen molar-refractivity contribution in [2.24, 2.45) is 0 Å². The van der Waals surface area contributed by atoms with Gasteiger partial charge in [-0.1, -0.05) is 91.0 Å². The lowest BCUT2D eigenvalue weighted by Crippen LogP contribution is -2.45. The molecule has 1 aliphatic rings. The number of carbonyl (C=O) groups excluding carboxylic acids is 4. The fraction of sp³-hybridized carbons (Fsp3) is 0.310. The molecule has 5 aromatic rings. The number of rotatable bonds is 13. The smallest absolute Gasteiger partial charge is 0.408 e. The zero-order valence-corrected chi connectivity index (χ0v) is 30.6. The Labute approximate surface area is 313 Å². The van der Waals surface area contributed by atoms with Crippen LogP contribution in [0.5, 0.6) is 0 Å². The third-order valence-corrected chi connectivity index (χ3v) is 8.94. The second kappa shape index (κ2) is 16.7. The maximum atomic E-state index is 13.3. The Balaban J connectivity index is 1.10. The third-order valence-electron chi connectivity index (χ3n) is 8.94. The molecule has 2 N–H and O–H groups in total. The maximum absolute atomic E-state index is 13.3. The molecule has 0 bridgehead atoms. The van der Waals surface area contributed by atoms with Crippen molar-refractivity contribution in [3.63, 3.8) is 0 Å². The van der Waals surface area contributed by atoms with Crippen LogP contribution in [0.2, 0.25) is 0 Å². The highest BCUT2D eigenvalue weighted by atomic mass is 16.6. The minimum absolute atomic E-state index is 0.0264. The number of hydrogen-bond donors (Lipinski definition) is 2. The minimum Gasteiger partial charge on any atom is -0.467 e. The summed E-state index contributed by atoms with van der Waals surface area (Å²) < 4.78 is 27.6. The molecule has 1 aliphatic carbocycles. The molecule has 280 valence electrons. The van der Waals surface area contributed by atoms with Crippen LogP contribution >= 0.6 is 0 Å². The van der Waals surface area contributed by atoms with Gasteiger partial charge < -0.3 is 34.0 Å². The summed E-state index contributed by atoms with van der Waals surface area (Å²) in [6.07, 6.45) is -1.23. The normalized spacial score (nSPS) is 13.3. The maximum Gasteiger partial charge on any atom is 0.408 e. The van der Waals surface area contributed by atoms with Crippen molar-refractivity contribution >= 4 is 35.2 Å². The molecule has 4 aromatic carbocycles. The monoisotopic (exact) mass is 733 g/mol. The van der Waals surface area contributed by atoms with Crippen LogP contribution in [0.3, 0.4) is 0 Å². The molecular formula is C42H43N3O9. The number of nitrogens with one attached hydrogen (secondary N) is 2. The summed E-state index contributed by atoms with van der Waals surface area (Å²) in [5, 5.41) is 5.29. The highest BCUT2D eigenvalue weighted by Crippen LogP contribution is 2.44. The Morgan fingerprint density at radius 3 is 2.06 bits per heavy atom. The summed E-state index contributed by atoms with van der Waals surface area (Å²) in [6, 6.07) is 28.4. The number of hydrogen-bond acceptors (Lipinski definition) is 10. The zero-order valence-electron chi connectivity index (χ0n) is 30.6. The predicted octanol–water partition coefficient (Wildman–Crippen LogP) is 7.02. The van der Waals surface area contributed by atoms with E-state index in [0.29, 0.717) is 22.6 Å². The Bertz CT molecular complexity index is 2080. The molecule has 0 aliphatic heterocycles. The van der Waals surface area contributed by atoms with Gasteiger partial charge in [0.15, 0.2) is 11.5 Å². The van der Waals surface area contributed by atoms with Crippen molar-refractivity contribution in [1.29, 1.82) is 0 Å². The van der Waals surface area contributed by atoms with Crippen molar-refractivity contribution in [3.05, 3.63) is 125 Å². The van der Waals surface area contributed by atoms with E-state index < -0.39 is 41.8 Å². The highest BCUT2D eigenvalue weighted by molar-refractivity contribution is 5.84. The molecular weight excluding hydrogens is 690 g/mol. The summed E-state index contributed by atoms with van der Waals surface area (Å²) in [7, 11) is 1.24. The van der Waals surface area contributed by atoms with Gasteiger partial charge in [-0.25, -0.2) is 24.2 Å². The number of nitrogens with zero attached hydrogens (tertiary/aromatic N) is 1. The molecule has 1 aromatic heterocycles. The number of aromatic nitrogens is 1. The first kappa shape index (κ1) is 37.6. The Morgan fingerprint density at radius 1 is 0.759 bits per heavy atom. The van der Waals surface area contributed by atoms with Gasteiger partial charge in [-0.2, -0.15) is 0 Å². The van der Waals surface area contributed by atoms with Crippen molar-refractivity contribution < 1.29 is 42.5 Å². The molecule has 6 rings (SSSR count). The van der Waals surface area contributed by atoms with Gasteiger partial charge in [0.2, 0.25) is 0 Å². The fourth-order valence-electron chi connectivity index (χ4n) is 6.46. The number of ether oxygens (including phenoxy) is 4. The Hall–Kier alpha value is -6.17. The van der Waals surface area contributed by atoms with Crippen LogP contribution in [0, 0.1) is 0 Å². The van der Waals surface area contributed by atoms with Crippen LogP contribution in [0.25, 0.3) is 22.2 Å². The molecule has 0 spiro atoms. The van der Waals surface area contributed by atoms with Crippen LogP contribution in [0.15, 0.2) is 101 Å². The van der Waals surface area contributed by atoms with Gasteiger partial charge in [0.05, 0.1) is 7.11 Å². The average molecular weight is 734 g/mol. The molecule has 0 unspecified atom stereocenters. The van der Waals surface area contributed by atoms with Gasteiger partial charge in [-0.05, 0) is 66.6 Å². The van der Waals surface area contributed by atoms with E-state index in [0.717, 1.165) is 27.8 Å². The van der Waals surface area contributed by atoms with Crippen LogP contribution in [0.4, 0.5) is 9.59 Å². The second-order valence-electron chi connectivity index (χ2n) is 14.0. The predicted molar refractivity (Wildman–Crippen MR) is 199 cm³/mol. The van der Waals surface area contributed by atoms with Crippen molar-refractivity contribution in [1.82, 2.24) is 15.6 Å². The van der Waals surface area contributed by atoms with Crippen LogP contribution < -0.4 is 10.6 Å². The van der Waals surface area contributed by atoms with Gasteiger partial charge in [-0.3, -0.25) is 0 Å². The summed E-state index contributed by atoms with van der Waals surface area (Å²) in [4.78, 5) is 56.5. The molecule has 0 saturated carbocycles. The first-order chi connectivity index (χ1) is 26.0. The van der Waals surface area contributed by atoms with Crippen LogP contribution in [-0.2, 0) is 48.0 Å². The summed E-state index contributed by atoms with van der Waals surface area (Å²) in [6.45, 7) is 5.34. The van der Waals surface area contributed by atoms with E-state index in [1.807, 2.05) is 66.7 Å². The first-order valence-corrected chi connectivity index (χ1v) is 17.8. The first-order valence-electron chi connectivity index (χ1n) is 17.8. The summed E-state index contributed by atoms with van der Waals surface area (Å²) in [5.74, 6) is -1.13. The van der Waals surface area contributed by atoms with E-state index in [2.05, 4.69) is 27.8 Å². The molecule has 0 fully saturated rings. The molecule has 0 radical (unpaired) electrons. The summed E-state index contributed by atoms with van der Waals surface area (Å²) in [5.41, 5.74) is 5.87. The minimum atomic E-state index is -1.09. The lowest BCUT2D eigenvalue weighted by atomic mass is 9.98. The van der Waals surface area contributed by atoms with E-state index in [1.54, 1.807) is 39.0 Å². The number of alkyl carbamates (subject to hydrolysis) is 2. The second-order valence-corrected chi connectivity index (χ2v) is 14.0. The third kappa shape index (κ3) is 9.24. The van der Waals surface area contributed by atoms with Gasteiger partial charge in [0, 0.05) is 18.8 Å². The number of para-hydroxylation sites is 1. The van der Waals surface area contributed by atoms with Gasteiger partial charge >= 0.3 is 24.1 Å². The number of aryl methyl sites for hydroxylation is 1. The van der Waals surface area contributed by atoms with E-state index in [4.69, 9.17) is 23.4 Å². The number of oxazole rings is 1. The quantitative estimate of drug-likeness (QED) is 0.0953. The van der Waals surface area contributed by atoms with Crippen LogP contribution in [-0.4, -0.2) is 60.5 Å². The van der Waals surface area contributed by atoms with Crippen molar-refractivity contribution in [3.8, 4) is 11.1 Å². The largest absolute Gasteiger partial charge is 0.467 e. The van der Waals surface area contributed by atoms with Crippen molar-refractivity contribution in [2.75, 3.05) is 13.7 Å². The zero-order chi connectivity index (χ0) is 38.2. The van der Waals surface area contributed by atoms with Crippen LogP contribution in [0.1, 0.15) is 61.3 Å². The average Bonchev–Trinajstić information content (AvgIpc) is 3.73. The Kier molecular flexibility index (Phi) is 11.6. The van der Waals surface area contributed by atoms with E-state index in [-0.39, 0.29) is 38.4 Å².